The zero-order chi connectivity index (χ0) is 18.5. The average molecular weight is 350 g/mol. The van der Waals surface area contributed by atoms with Crippen molar-refractivity contribution in [3.05, 3.63) is 89.5 Å². The first-order chi connectivity index (χ1) is 12.6. The van der Waals surface area contributed by atoms with Crippen molar-refractivity contribution in [2.45, 2.75) is 0 Å². The third-order valence-electron chi connectivity index (χ3n) is 3.51. The van der Waals surface area contributed by atoms with Crippen LogP contribution in [0.3, 0.4) is 0 Å². The number of carbonyl (C=O) groups is 1. The number of rotatable bonds is 4. The van der Waals surface area contributed by atoms with E-state index in [1.807, 2.05) is 6.07 Å². The molecule has 0 aliphatic carbocycles. The molecule has 0 saturated carbocycles. The molecule has 0 aromatic heterocycles. The molecular formula is C20H12F2N2O2. The van der Waals surface area contributed by atoms with Crippen LogP contribution in [0.2, 0.25) is 0 Å². The van der Waals surface area contributed by atoms with Gasteiger partial charge in [-0.2, -0.15) is 5.26 Å². The van der Waals surface area contributed by atoms with Crippen molar-refractivity contribution in [1.82, 2.24) is 0 Å². The van der Waals surface area contributed by atoms with E-state index < -0.39 is 17.5 Å². The molecule has 128 valence electrons. The van der Waals surface area contributed by atoms with Gasteiger partial charge >= 0.3 is 0 Å². The van der Waals surface area contributed by atoms with Crippen LogP contribution in [0.15, 0.2) is 66.7 Å². The summed E-state index contributed by atoms with van der Waals surface area (Å²) in [5, 5.41) is 11.4. The molecule has 0 radical (unpaired) electrons. The van der Waals surface area contributed by atoms with Crippen molar-refractivity contribution in [3.63, 3.8) is 0 Å². The molecule has 4 nitrogen and oxygen atoms in total. The Morgan fingerprint density at radius 1 is 0.962 bits per heavy atom. The number of hydrogen-bond acceptors (Lipinski definition) is 3. The molecule has 6 heteroatoms. The lowest BCUT2D eigenvalue weighted by Gasteiger charge is -2.09. The van der Waals surface area contributed by atoms with Crippen molar-refractivity contribution in [3.8, 4) is 17.6 Å². The number of nitriles is 1. The molecule has 0 aliphatic rings. The second-order valence-corrected chi connectivity index (χ2v) is 5.32. The Bertz CT molecular complexity index is 995. The maximum Gasteiger partial charge on any atom is 0.258 e. The van der Waals surface area contributed by atoms with E-state index in [1.54, 1.807) is 48.5 Å². The predicted molar refractivity (Wildman–Crippen MR) is 92.0 cm³/mol. The molecule has 0 atom stereocenters. The number of anilines is 1. The highest BCUT2D eigenvalue weighted by Gasteiger charge is 2.15. The first-order valence-electron chi connectivity index (χ1n) is 7.60. The molecule has 0 bridgehead atoms. The van der Waals surface area contributed by atoms with Crippen LogP contribution in [0.5, 0.6) is 11.5 Å². The maximum atomic E-state index is 13.6. The van der Waals surface area contributed by atoms with Gasteiger partial charge in [0, 0.05) is 5.69 Å². The number of nitrogens with zero attached hydrogens (tertiary/aromatic N) is 1. The van der Waals surface area contributed by atoms with Crippen LogP contribution in [0.25, 0.3) is 0 Å². The van der Waals surface area contributed by atoms with Crippen molar-refractivity contribution in [1.29, 1.82) is 5.26 Å². The summed E-state index contributed by atoms with van der Waals surface area (Å²) in [7, 11) is 0. The topological polar surface area (TPSA) is 62.1 Å². The molecule has 0 fully saturated rings. The molecule has 0 heterocycles. The lowest BCUT2D eigenvalue weighted by atomic mass is 10.2. The number of amides is 1. The smallest absolute Gasteiger partial charge is 0.258 e. The first kappa shape index (κ1) is 17.1. The van der Waals surface area contributed by atoms with Gasteiger partial charge in [0.2, 0.25) is 0 Å². The second kappa shape index (κ2) is 7.45. The Morgan fingerprint density at radius 2 is 1.69 bits per heavy atom. The maximum absolute atomic E-state index is 13.6. The summed E-state index contributed by atoms with van der Waals surface area (Å²) in [6.45, 7) is 0. The van der Waals surface area contributed by atoms with E-state index >= 15 is 0 Å². The van der Waals surface area contributed by atoms with Crippen molar-refractivity contribution < 1.29 is 18.3 Å². The molecule has 1 amide bonds. The van der Waals surface area contributed by atoms with Gasteiger partial charge < -0.3 is 10.1 Å². The fraction of sp³-hybridized carbons (Fsp3) is 0. The second-order valence-electron chi connectivity index (χ2n) is 5.32. The number of carbonyl (C=O) groups excluding carboxylic acids is 1. The third-order valence-corrected chi connectivity index (χ3v) is 3.51. The lowest BCUT2D eigenvalue weighted by Crippen LogP contribution is -2.14. The summed E-state index contributed by atoms with van der Waals surface area (Å²) in [5.74, 6) is -2.03. The summed E-state index contributed by atoms with van der Waals surface area (Å²) in [4.78, 5) is 12.1. The summed E-state index contributed by atoms with van der Waals surface area (Å²) in [6, 6.07) is 18.5. The molecule has 0 saturated heterocycles. The zero-order valence-electron chi connectivity index (χ0n) is 13.4. The van der Waals surface area contributed by atoms with Crippen LogP contribution in [0.1, 0.15) is 15.9 Å². The Hall–Kier alpha value is -3.72. The number of halogens is 2. The minimum atomic E-state index is -1.19. The summed E-state index contributed by atoms with van der Waals surface area (Å²) < 4.78 is 32.5. The zero-order valence-corrected chi connectivity index (χ0v) is 13.4. The Kier molecular flexibility index (Phi) is 4.90. The van der Waals surface area contributed by atoms with E-state index in [-0.39, 0.29) is 5.56 Å². The Balaban J connectivity index is 1.70. The number of hydrogen-bond donors (Lipinski definition) is 1. The fourth-order valence-corrected chi connectivity index (χ4v) is 2.25. The third kappa shape index (κ3) is 3.84. The van der Waals surface area contributed by atoms with E-state index in [0.29, 0.717) is 22.7 Å². The van der Waals surface area contributed by atoms with Gasteiger partial charge in [-0.15, -0.1) is 0 Å². The van der Waals surface area contributed by atoms with Crippen LogP contribution in [-0.2, 0) is 0 Å². The molecule has 3 aromatic carbocycles. The highest BCUT2D eigenvalue weighted by atomic mass is 19.2. The van der Waals surface area contributed by atoms with Gasteiger partial charge in [0.15, 0.2) is 11.6 Å². The van der Waals surface area contributed by atoms with Crippen molar-refractivity contribution in [2.24, 2.45) is 0 Å². The molecule has 1 N–H and O–H groups in total. The van der Waals surface area contributed by atoms with E-state index in [2.05, 4.69) is 5.32 Å². The summed E-state index contributed by atoms with van der Waals surface area (Å²) >= 11 is 0. The highest BCUT2D eigenvalue weighted by Crippen LogP contribution is 2.24. The van der Waals surface area contributed by atoms with Crippen LogP contribution < -0.4 is 10.1 Å². The predicted octanol–water partition coefficient (Wildman–Crippen LogP) is 4.88. The van der Waals surface area contributed by atoms with Gasteiger partial charge in [0.1, 0.15) is 11.5 Å². The van der Waals surface area contributed by atoms with Crippen LogP contribution >= 0.6 is 0 Å². The molecule has 0 aliphatic heterocycles. The van der Waals surface area contributed by atoms with E-state index in [4.69, 9.17) is 10.00 Å². The molecule has 0 spiro atoms. The van der Waals surface area contributed by atoms with Crippen LogP contribution in [0, 0.1) is 23.0 Å². The van der Waals surface area contributed by atoms with Crippen molar-refractivity contribution in [2.75, 3.05) is 5.32 Å². The molecule has 3 aromatic rings. The number of ether oxygens (including phenoxy) is 1. The van der Waals surface area contributed by atoms with E-state index in [9.17, 15) is 13.6 Å². The minimum Gasteiger partial charge on any atom is -0.457 e. The monoisotopic (exact) mass is 350 g/mol. The van der Waals surface area contributed by atoms with E-state index in [1.165, 1.54) is 12.1 Å². The summed E-state index contributed by atoms with van der Waals surface area (Å²) in [6.07, 6.45) is 0. The van der Waals surface area contributed by atoms with Crippen molar-refractivity contribution >= 4 is 11.6 Å². The molecule has 26 heavy (non-hydrogen) atoms. The van der Waals surface area contributed by atoms with Crippen LogP contribution in [-0.4, -0.2) is 5.91 Å². The quantitative estimate of drug-likeness (QED) is 0.729. The van der Waals surface area contributed by atoms with Gasteiger partial charge in [0.05, 0.1) is 17.2 Å². The first-order valence-corrected chi connectivity index (χ1v) is 7.60. The average Bonchev–Trinajstić information content (AvgIpc) is 2.65. The van der Waals surface area contributed by atoms with Crippen LogP contribution in [0.4, 0.5) is 14.5 Å². The SMILES string of the molecule is N#Cc1cccc(Oc2ccc(NC(=O)c3cccc(F)c3F)cc2)c1. The van der Waals surface area contributed by atoms with Gasteiger partial charge in [-0.05, 0) is 54.6 Å². The summed E-state index contributed by atoms with van der Waals surface area (Å²) in [5.41, 5.74) is 0.499. The Morgan fingerprint density at radius 3 is 2.42 bits per heavy atom. The van der Waals surface area contributed by atoms with Gasteiger partial charge in [-0.3, -0.25) is 4.79 Å². The standard InChI is InChI=1S/C20H12F2N2O2/c21-18-6-2-5-17(19(18)22)20(25)24-14-7-9-15(10-8-14)26-16-4-1-3-13(11-16)12-23/h1-11H,(H,24,25). The van der Waals surface area contributed by atoms with Gasteiger partial charge in [-0.25, -0.2) is 8.78 Å². The largest absolute Gasteiger partial charge is 0.457 e. The van der Waals surface area contributed by atoms with E-state index in [0.717, 1.165) is 6.07 Å². The fourth-order valence-electron chi connectivity index (χ4n) is 2.25. The number of nitrogens with one attached hydrogen (secondary N) is 1. The molecular weight excluding hydrogens is 338 g/mol. The minimum absolute atomic E-state index is 0.376. The van der Waals surface area contributed by atoms with Gasteiger partial charge in [-0.1, -0.05) is 12.1 Å². The normalized spacial score (nSPS) is 10.0. The number of benzene rings is 3. The lowest BCUT2D eigenvalue weighted by molar-refractivity contribution is 0.102. The highest BCUT2D eigenvalue weighted by molar-refractivity contribution is 6.04. The molecule has 3 rings (SSSR count). The van der Waals surface area contributed by atoms with Gasteiger partial charge in [0.25, 0.3) is 5.91 Å². The Labute approximate surface area is 148 Å². The molecule has 0 unspecified atom stereocenters.